The molecular weight excluding hydrogens is 486 g/mol. The van der Waals surface area contributed by atoms with Crippen LogP contribution in [0.3, 0.4) is 0 Å². The molecule has 1 aliphatic heterocycles. The lowest BCUT2D eigenvalue weighted by molar-refractivity contribution is -0.134. The number of benzene rings is 2. The molecule has 1 fully saturated rings. The number of H-pyrrole nitrogens is 1. The number of aromatic nitrogens is 1. The molecule has 3 N–H and O–H groups in total. The van der Waals surface area contributed by atoms with E-state index >= 15 is 0 Å². The van der Waals surface area contributed by atoms with Gasteiger partial charge in [0.15, 0.2) is 0 Å². The van der Waals surface area contributed by atoms with Gasteiger partial charge in [0.05, 0.1) is 25.7 Å². The minimum Gasteiger partial charge on any atom is -0.496 e. The lowest BCUT2D eigenvalue weighted by Crippen LogP contribution is -2.52. The molecule has 4 rings (SSSR count). The lowest BCUT2D eigenvalue weighted by Gasteiger charge is -2.26. The fourth-order valence-electron chi connectivity index (χ4n) is 4.43. The van der Waals surface area contributed by atoms with Crippen molar-refractivity contribution >= 4 is 34.3 Å². The Labute approximate surface area is 219 Å². The maximum atomic E-state index is 13.5. The molecule has 3 atom stereocenters. The number of rotatable bonds is 9. The van der Waals surface area contributed by atoms with Gasteiger partial charge in [-0.3, -0.25) is 14.4 Å². The first kappa shape index (κ1) is 26.3. The molecule has 0 radical (unpaired) electrons. The molecule has 10 heteroatoms. The quantitative estimate of drug-likeness (QED) is 0.297. The number of ether oxygens (including phenoxy) is 2. The number of nitrogens with one attached hydrogen (secondary N) is 3. The molecule has 38 heavy (non-hydrogen) atoms. The number of amides is 3. The smallest absolute Gasteiger partial charge is 0.268 e. The Bertz CT molecular complexity index is 1400. The van der Waals surface area contributed by atoms with Crippen molar-refractivity contribution in [3.8, 4) is 24.2 Å². The standard InChI is InChI=1S/C28H27N5O5/c1-3-12-38-17-24(32-27(35)23-14-21-22(31-23)10-7-11-25(21)37-2)28(36)33-16-18(13-20(33)15-29)26(34)30-19-8-5-4-6-9-19/h1,4-11,14,18,20,24,31H,12-13,16-17H2,2H3,(H,30,34)(H,32,35). The zero-order chi connectivity index (χ0) is 27.1. The summed E-state index contributed by atoms with van der Waals surface area (Å²) in [5.41, 5.74) is 1.54. The summed E-state index contributed by atoms with van der Waals surface area (Å²) in [6.45, 7) is -0.234. The lowest BCUT2D eigenvalue weighted by atomic mass is 10.1. The second kappa shape index (κ2) is 12.0. The fourth-order valence-corrected chi connectivity index (χ4v) is 4.43. The normalized spacial score (nSPS) is 17.3. The number of hydrogen-bond donors (Lipinski definition) is 3. The van der Waals surface area contributed by atoms with Crippen LogP contribution in [0.25, 0.3) is 10.9 Å². The van der Waals surface area contributed by atoms with E-state index in [1.165, 1.54) is 12.0 Å². The summed E-state index contributed by atoms with van der Waals surface area (Å²) in [6.07, 6.45) is 5.45. The largest absolute Gasteiger partial charge is 0.496 e. The molecule has 2 aromatic carbocycles. The molecule has 1 saturated heterocycles. The molecule has 3 aromatic rings. The maximum absolute atomic E-state index is 13.5. The Balaban J connectivity index is 1.50. The Hall–Kier alpha value is -4.80. The third-order valence-electron chi connectivity index (χ3n) is 6.31. The number of methoxy groups -OCH3 is 1. The number of likely N-dealkylation sites (tertiary alicyclic amines) is 1. The highest BCUT2D eigenvalue weighted by atomic mass is 16.5. The summed E-state index contributed by atoms with van der Waals surface area (Å²) in [7, 11) is 1.54. The van der Waals surface area contributed by atoms with Gasteiger partial charge in [-0.1, -0.05) is 30.2 Å². The number of fused-ring (bicyclic) bond motifs is 1. The highest BCUT2D eigenvalue weighted by molar-refractivity contribution is 6.01. The summed E-state index contributed by atoms with van der Waals surface area (Å²) in [4.78, 5) is 43.8. The van der Waals surface area contributed by atoms with Crippen LogP contribution >= 0.6 is 0 Å². The van der Waals surface area contributed by atoms with Crippen LogP contribution in [-0.4, -0.2) is 66.6 Å². The number of anilines is 1. The van der Waals surface area contributed by atoms with E-state index in [1.807, 2.05) is 6.07 Å². The third kappa shape index (κ3) is 5.77. The molecule has 1 aliphatic rings. The number of nitriles is 1. The van der Waals surface area contributed by atoms with Crippen molar-refractivity contribution in [1.82, 2.24) is 15.2 Å². The molecule has 2 heterocycles. The van der Waals surface area contributed by atoms with Crippen molar-refractivity contribution in [2.24, 2.45) is 5.92 Å². The van der Waals surface area contributed by atoms with Gasteiger partial charge in [-0.05, 0) is 36.8 Å². The van der Waals surface area contributed by atoms with Gasteiger partial charge < -0.3 is 30.0 Å². The van der Waals surface area contributed by atoms with E-state index in [4.69, 9.17) is 15.9 Å². The number of carbonyl (C=O) groups excluding carboxylic acids is 3. The summed E-state index contributed by atoms with van der Waals surface area (Å²) in [5.74, 6) is 0.961. The Morgan fingerprint density at radius 1 is 1.21 bits per heavy atom. The van der Waals surface area contributed by atoms with Crippen molar-refractivity contribution < 1.29 is 23.9 Å². The molecule has 0 aliphatic carbocycles. The van der Waals surface area contributed by atoms with Crippen LogP contribution in [0.5, 0.6) is 5.75 Å². The van der Waals surface area contributed by atoms with E-state index < -0.39 is 29.8 Å². The predicted molar refractivity (Wildman–Crippen MR) is 140 cm³/mol. The first-order valence-corrected chi connectivity index (χ1v) is 12.0. The first-order valence-electron chi connectivity index (χ1n) is 12.0. The second-order valence-electron chi connectivity index (χ2n) is 8.77. The average molecular weight is 514 g/mol. The SMILES string of the molecule is C#CCOCC(NC(=O)c1cc2c(OC)cccc2[nH]1)C(=O)N1CC(C(=O)Nc2ccccc2)CC1C#N. The van der Waals surface area contributed by atoms with Gasteiger partial charge in [-0.15, -0.1) is 6.42 Å². The molecule has 0 bridgehead atoms. The molecule has 1 aromatic heterocycles. The summed E-state index contributed by atoms with van der Waals surface area (Å²) in [5, 5.41) is 15.9. The zero-order valence-electron chi connectivity index (χ0n) is 20.8. The molecule has 0 spiro atoms. The van der Waals surface area contributed by atoms with Crippen molar-refractivity contribution in [3.05, 3.63) is 60.3 Å². The summed E-state index contributed by atoms with van der Waals surface area (Å²) in [6, 6.07) is 16.1. The molecule has 194 valence electrons. The molecule has 3 unspecified atom stereocenters. The van der Waals surface area contributed by atoms with Crippen LogP contribution < -0.4 is 15.4 Å². The molecule has 0 saturated carbocycles. The maximum Gasteiger partial charge on any atom is 0.268 e. The van der Waals surface area contributed by atoms with Gasteiger partial charge in [0.1, 0.15) is 30.1 Å². The molecule has 10 nitrogen and oxygen atoms in total. The minimum absolute atomic E-state index is 0.0286. The van der Waals surface area contributed by atoms with Gasteiger partial charge in [0.25, 0.3) is 5.91 Å². The van der Waals surface area contributed by atoms with E-state index in [-0.39, 0.29) is 37.8 Å². The van der Waals surface area contributed by atoms with Crippen LogP contribution in [0.2, 0.25) is 0 Å². The van der Waals surface area contributed by atoms with E-state index in [0.29, 0.717) is 22.3 Å². The van der Waals surface area contributed by atoms with Gasteiger partial charge in [-0.25, -0.2) is 0 Å². The topological polar surface area (TPSA) is 137 Å². The third-order valence-corrected chi connectivity index (χ3v) is 6.31. The molecule has 3 amide bonds. The van der Waals surface area contributed by atoms with Crippen LogP contribution in [0.1, 0.15) is 16.9 Å². The number of terminal acetylenes is 1. The van der Waals surface area contributed by atoms with Gasteiger partial charge in [0, 0.05) is 23.1 Å². The molecular formula is C28H27N5O5. The van der Waals surface area contributed by atoms with E-state index in [9.17, 15) is 19.6 Å². The number of carbonyl (C=O) groups is 3. The number of hydrogen-bond acceptors (Lipinski definition) is 6. The fraction of sp³-hybridized carbons (Fsp3) is 0.286. The van der Waals surface area contributed by atoms with Crippen molar-refractivity contribution in [3.63, 3.8) is 0 Å². The van der Waals surface area contributed by atoms with Crippen molar-refractivity contribution in [2.45, 2.75) is 18.5 Å². The Morgan fingerprint density at radius 3 is 2.71 bits per heavy atom. The van der Waals surface area contributed by atoms with Crippen LogP contribution in [-0.2, 0) is 14.3 Å². The van der Waals surface area contributed by atoms with Crippen LogP contribution in [0, 0.1) is 29.6 Å². The second-order valence-corrected chi connectivity index (χ2v) is 8.77. The average Bonchev–Trinajstić information content (AvgIpc) is 3.57. The Morgan fingerprint density at radius 2 is 2.00 bits per heavy atom. The summed E-state index contributed by atoms with van der Waals surface area (Å²) < 4.78 is 10.7. The van der Waals surface area contributed by atoms with E-state index in [0.717, 1.165) is 0 Å². The van der Waals surface area contributed by atoms with Crippen LogP contribution in [0.15, 0.2) is 54.6 Å². The predicted octanol–water partition coefficient (Wildman–Crippen LogP) is 2.30. The van der Waals surface area contributed by atoms with Gasteiger partial charge in [-0.2, -0.15) is 5.26 Å². The highest BCUT2D eigenvalue weighted by Gasteiger charge is 2.41. The van der Waals surface area contributed by atoms with Crippen molar-refractivity contribution in [2.75, 3.05) is 32.2 Å². The zero-order valence-corrected chi connectivity index (χ0v) is 20.8. The Kier molecular flexibility index (Phi) is 8.27. The van der Waals surface area contributed by atoms with E-state index in [1.54, 1.807) is 48.5 Å². The minimum atomic E-state index is -1.13. The van der Waals surface area contributed by atoms with Gasteiger partial charge >= 0.3 is 0 Å². The monoisotopic (exact) mass is 513 g/mol. The summed E-state index contributed by atoms with van der Waals surface area (Å²) >= 11 is 0. The number of aromatic amines is 1. The first-order chi connectivity index (χ1) is 18.4. The van der Waals surface area contributed by atoms with E-state index in [2.05, 4.69) is 27.6 Å². The highest BCUT2D eigenvalue weighted by Crippen LogP contribution is 2.27. The number of para-hydroxylation sites is 1. The van der Waals surface area contributed by atoms with Crippen molar-refractivity contribution in [1.29, 1.82) is 5.26 Å². The number of nitrogens with zero attached hydrogens (tertiary/aromatic N) is 2. The van der Waals surface area contributed by atoms with Crippen LogP contribution in [0.4, 0.5) is 5.69 Å². The van der Waals surface area contributed by atoms with Gasteiger partial charge in [0.2, 0.25) is 11.8 Å².